The molecule has 4 heterocycles. The lowest BCUT2D eigenvalue weighted by atomic mass is 9.87. The van der Waals surface area contributed by atoms with Crippen molar-refractivity contribution in [3.8, 4) is 0 Å². The average Bonchev–Trinajstić information content (AvgIpc) is 3.59. The number of aliphatic imine (C=N–C) groups is 2. The van der Waals surface area contributed by atoms with Gasteiger partial charge >= 0.3 is 6.03 Å². The van der Waals surface area contributed by atoms with E-state index in [-0.39, 0.29) is 43.4 Å². The molecule has 2 fully saturated rings. The first-order valence-corrected chi connectivity index (χ1v) is 14.3. The van der Waals surface area contributed by atoms with Gasteiger partial charge in [-0.1, -0.05) is 30.3 Å². The second kappa shape index (κ2) is 9.72. The summed E-state index contributed by atoms with van der Waals surface area (Å²) in [5.41, 5.74) is 14.8. The van der Waals surface area contributed by atoms with E-state index < -0.39 is 35.9 Å². The average molecular weight is 572 g/mol. The van der Waals surface area contributed by atoms with Gasteiger partial charge in [-0.2, -0.15) is 0 Å². The molecule has 0 aromatic heterocycles. The third-order valence-electron chi connectivity index (χ3n) is 9.11. The first-order valence-electron chi connectivity index (χ1n) is 14.3. The van der Waals surface area contributed by atoms with Crippen LogP contribution in [0.5, 0.6) is 0 Å². The number of imide groups is 1. The van der Waals surface area contributed by atoms with Crippen molar-refractivity contribution in [1.29, 1.82) is 0 Å². The number of anilines is 1. The Kier molecular flexibility index (Phi) is 6.08. The number of aryl methyl sites for hydroxylation is 1. The van der Waals surface area contributed by atoms with E-state index in [9.17, 15) is 19.5 Å². The summed E-state index contributed by atoms with van der Waals surface area (Å²) in [6.45, 7) is -0.0275. The summed E-state index contributed by atoms with van der Waals surface area (Å²) in [7, 11) is 0. The molecule has 2 aromatic carbocycles. The second-order valence-corrected chi connectivity index (χ2v) is 11.5. The number of para-hydroxylation sites is 1. The number of urea groups is 1. The lowest BCUT2D eigenvalue weighted by Crippen LogP contribution is -2.73. The molecule has 4 aliphatic heterocycles. The molecule has 7 rings (SSSR count). The van der Waals surface area contributed by atoms with Crippen LogP contribution in [0.3, 0.4) is 0 Å². The number of amides is 4. The number of aliphatic hydroxyl groups excluding tert-OH is 1. The lowest BCUT2D eigenvalue weighted by Gasteiger charge is -2.46. The zero-order valence-corrected chi connectivity index (χ0v) is 22.9. The summed E-state index contributed by atoms with van der Waals surface area (Å²) in [6, 6.07) is 12.0. The van der Waals surface area contributed by atoms with Gasteiger partial charge in [0, 0.05) is 17.8 Å². The Balaban J connectivity index is 1.14. The van der Waals surface area contributed by atoms with Gasteiger partial charge in [-0.3, -0.25) is 19.4 Å². The van der Waals surface area contributed by atoms with Crippen molar-refractivity contribution < 1.29 is 19.5 Å². The number of guanidine groups is 2. The van der Waals surface area contributed by atoms with E-state index in [1.54, 1.807) is 29.2 Å². The Bertz CT molecular complexity index is 1530. The number of nitrogens with zero attached hydrogens (tertiary/aromatic N) is 5. The van der Waals surface area contributed by atoms with E-state index in [0.717, 1.165) is 36.1 Å². The molecule has 0 bridgehead atoms. The van der Waals surface area contributed by atoms with Crippen molar-refractivity contribution in [2.45, 2.75) is 55.6 Å². The zero-order valence-electron chi connectivity index (χ0n) is 22.9. The minimum atomic E-state index is -1.31. The molecular weight excluding hydrogens is 538 g/mol. The van der Waals surface area contributed by atoms with Gasteiger partial charge < -0.3 is 32.1 Å². The van der Waals surface area contributed by atoms with Gasteiger partial charge in [-0.15, -0.1) is 0 Å². The van der Waals surface area contributed by atoms with Crippen molar-refractivity contribution in [2.75, 3.05) is 24.5 Å². The summed E-state index contributed by atoms with van der Waals surface area (Å²) >= 11 is 0. The number of fused-ring (bicyclic) bond motifs is 1. The minimum Gasteiger partial charge on any atom is -0.386 e. The number of nitrogens with one attached hydrogen (secondary N) is 2. The first kappa shape index (κ1) is 26.3. The third-order valence-corrected chi connectivity index (χ3v) is 9.11. The van der Waals surface area contributed by atoms with Crippen LogP contribution in [0.25, 0.3) is 0 Å². The smallest absolute Gasteiger partial charge is 0.331 e. The summed E-state index contributed by atoms with van der Waals surface area (Å²) in [5, 5.41) is 17.9. The normalized spacial score (nSPS) is 29.9. The highest BCUT2D eigenvalue weighted by molar-refractivity contribution is 6.12. The predicted octanol–water partition coefficient (Wildman–Crippen LogP) is -0.511. The molecule has 0 saturated carbocycles. The minimum absolute atomic E-state index is 0.0769. The molecule has 1 aliphatic carbocycles. The standard InChI is InChI=1S/C29H33N9O4/c30-26-34-23-20(13-37-22(39)15-36(28(37)42)17-9-2-1-3-10-17)33-27(31)38-14-21(24(40)29(23,38)35-26)32-25(41)19-12-6-8-16-7-4-5-11-18(16)19/h1-3,6,8-10,12,20-21,23-24,40H,4-5,7,11,13-15H2,(H2,31,33)(H,32,41)(H3,30,34,35)/t20-,21-,23?,24?,29?/m0/s1. The van der Waals surface area contributed by atoms with Crippen LogP contribution in [0.1, 0.15) is 34.3 Å². The highest BCUT2D eigenvalue weighted by atomic mass is 16.3. The second-order valence-electron chi connectivity index (χ2n) is 11.5. The van der Waals surface area contributed by atoms with Gasteiger partial charge in [0.25, 0.3) is 11.8 Å². The van der Waals surface area contributed by atoms with Gasteiger partial charge in [0.05, 0.1) is 18.6 Å². The number of hydrogen-bond acceptors (Lipinski definition) is 10. The topological polar surface area (TPSA) is 182 Å². The summed E-state index contributed by atoms with van der Waals surface area (Å²) < 4.78 is 0. The van der Waals surface area contributed by atoms with E-state index in [1.807, 2.05) is 18.2 Å². The van der Waals surface area contributed by atoms with Gasteiger partial charge in [0.15, 0.2) is 17.6 Å². The van der Waals surface area contributed by atoms with E-state index in [1.165, 1.54) is 10.5 Å². The van der Waals surface area contributed by atoms with Crippen LogP contribution in [0.15, 0.2) is 58.5 Å². The molecule has 2 saturated heterocycles. The molecule has 7 N–H and O–H groups in total. The summed E-state index contributed by atoms with van der Waals surface area (Å²) in [6.07, 6.45) is 2.73. The van der Waals surface area contributed by atoms with Crippen LogP contribution in [-0.2, 0) is 17.6 Å². The maximum atomic E-state index is 13.5. The number of benzene rings is 2. The van der Waals surface area contributed by atoms with Crippen LogP contribution in [0.4, 0.5) is 10.5 Å². The van der Waals surface area contributed by atoms with Crippen LogP contribution < -0.4 is 27.0 Å². The fraction of sp³-hybridized carbons (Fsp3) is 0.414. The van der Waals surface area contributed by atoms with Crippen molar-refractivity contribution in [3.05, 3.63) is 65.2 Å². The number of carbonyl (C=O) groups excluding carboxylic acids is 3. The highest BCUT2D eigenvalue weighted by Gasteiger charge is 2.66. The summed E-state index contributed by atoms with van der Waals surface area (Å²) in [4.78, 5) is 53.2. The van der Waals surface area contributed by atoms with Crippen LogP contribution >= 0.6 is 0 Å². The quantitative estimate of drug-likeness (QED) is 0.297. The molecule has 1 spiro atoms. The fourth-order valence-electron chi connectivity index (χ4n) is 7.14. The fourth-order valence-corrected chi connectivity index (χ4v) is 7.14. The van der Waals surface area contributed by atoms with Crippen LogP contribution in [0, 0.1) is 0 Å². The molecule has 3 unspecified atom stereocenters. The number of aliphatic hydroxyl groups is 1. The van der Waals surface area contributed by atoms with Crippen LogP contribution in [-0.4, -0.2) is 94.2 Å². The zero-order chi connectivity index (χ0) is 29.2. The molecule has 2 aromatic rings. The maximum Gasteiger partial charge on any atom is 0.331 e. The Morgan fingerprint density at radius 1 is 1.07 bits per heavy atom. The van der Waals surface area contributed by atoms with Crippen LogP contribution in [0.2, 0.25) is 0 Å². The van der Waals surface area contributed by atoms with Gasteiger partial charge in [0.1, 0.15) is 18.7 Å². The van der Waals surface area contributed by atoms with Crippen molar-refractivity contribution in [3.63, 3.8) is 0 Å². The molecular formula is C29H33N9O4. The number of nitrogens with two attached hydrogens (primary N) is 2. The van der Waals surface area contributed by atoms with Gasteiger partial charge in [0.2, 0.25) is 0 Å². The largest absolute Gasteiger partial charge is 0.386 e. The van der Waals surface area contributed by atoms with E-state index in [0.29, 0.717) is 11.3 Å². The molecule has 5 atom stereocenters. The van der Waals surface area contributed by atoms with E-state index in [4.69, 9.17) is 11.5 Å². The highest BCUT2D eigenvalue weighted by Crippen LogP contribution is 2.40. The van der Waals surface area contributed by atoms with Crippen molar-refractivity contribution in [2.24, 2.45) is 21.5 Å². The Morgan fingerprint density at radius 3 is 2.67 bits per heavy atom. The maximum absolute atomic E-state index is 13.5. The number of carbonyl (C=O) groups is 3. The van der Waals surface area contributed by atoms with E-state index >= 15 is 0 Å². The Morgan fingerprint density at radius 2 is 1.86 bits per heavy atom. The molecule has 0 radical (unpaired) electrons. The monoisotopic (exact) mass is 571 g/mol. The first-order chi connectivity index (χ1) is 20.3. The van der Waals surface area contributed by atoms with Crippen molar-refractivity contribution >= 4 is 35.5 Å². The molecule has 13 heteroatoms. The molecule has 4 amide bonds. The molecule has 42 heavy (non-hydrogen) atoms. The van der Waals surface area contributed by atoms with Gasteiger partial charge in [-0.05, 0) is 55.0 Å². The number of hydrogen-bond donors (Lipinski definition) is 5. The molecule has 218 valence electrons. The lowest BCUT2D eigenvalue weighted by molar-refractivity contribution is -0.125. The van der Waals surface area contributed by atoms with Gasteiger partial charge in [-0.25, -0.2) is 14.8 Å². The molecule has 13 nitrogen and oxygen atoms in total. The van der Waals surface area contributed by atoms with E-state index in [2.05, 4.69) is 26.7 Å². The Labute approximate surface area is 242 Å². The Hall–Kier alpha value is -4.65. The van der Waals surface area contributed by atoms with Crippen molar-refractivity contribution in [1.82, 2.24) is 20.4 Å². The number of rotatable bonds is 5. The predicted molar refractivity (Wildman–Crippen MR) is 155 cm³/mol. The summed E-state index contributed by atoms with van der Waals surface area (Å²) in [5.74, 6) is -0.465. The molecule has 5 aliphatic rings. The SMILES string of the molecule is NC1=NC2[C@H](CN3C(=O)CN(c4ccccc4)C3=O)N=C(N)N3C[C@H](NC(=O)c4cccc5c4CCCC5)C(O)C23N1. The third kappa shape index (κ3) is 3.91.